The molecule has 0 fully saturated rings. The molecule has 1 aliphatic rings. The van der Waals surface area contributed by atoms with E-state index in [1.54, 1.807) is 23.7 Å². The Kier molecular flexibility index (Phi) is 7.78. The molecular weight excluding hydrogens is 515 g/mol. The predicted molar refractivity (Wildman–Crippen MR) is 134 cm³/mol. The van der Waals surface area contributed by atoms with Gasteiger partial charge in [0.25, 0.3) is 5.91 Å². The lowest BCUT2D eigenvalue weighted by Crippen LogP contribution is -2.24. The van der Waals surface area contributed by atoms with Crippen LogP contribution in [0.15, 0.2) is 23.4 Å². The van der Waals surface area contributed by atoms with Gasteiger partial charge in [-0.15, -0.1) is 21.5 Å². The van der Waals surface area contributed by atoms with Gasteiger partial charge in [0.15, 0.2) is 11.0 Å². The molecule has 0 spiro atoms. The van der Waals surface area contributed by atoms with Crippen LogP contribution in [0.5, 0.6) is 0 Å². The highest BCUT2D eigenvalue weighted by Gasteiger charge is 2.22. The monoisotopic (exact) mass is 534 g/mol. The Bertz CT molecular complexity index is 1300. The topological polar surface area (TPSA) is 113 Å². The number of thioether (sulfide) groups is 1. The van der Waals surface area contributed by atoms with Crippen LogP contribution in [0.2, 0.25) is 10.0 Å². The van der Waals surface area contributed by atoms with Gasteiger partial charge in [-0.3, -0.25) is 9.59 Å². The minimum Gasteiger partial charge on any atom is -0.345 e. The molecule has 0 aliphatic heterocycles. The fraction of sp³-hybridized carbons (Fsp3) is 0.318. The number of hydrogen-bond acceptors (Lipinski definition) is 7. The van der Waals surface area contributed by atoms with Crippen molar-refractivity contribution in [1.29, 1.82) is 5.26 Å². The van der Waals surface area contributed by atoms with Crippen LogP contribution in [0.4, 0.5) is 5.00 Å². The first-order chi connectivity index (χ1) is 16.4. The van der Waals surface area contributed by atoms with Gasteiger partial charge in [-0.2, -0.15) is 5.26 Å². The van der Waals surface area contributed by atoms with E-state index in [-0.39, 0.29) is 29.1 Å². The third-order valence-corrected chi connectivity index (χ3v) is 8.15. The van der Waals surface area contributed by atoms with Crippen LogP contribution in [0.25, 0.3) is 0 Å². The zero-order valence-corrected chi connectivity index (χ0v) is 21.3. The average Bonchev–Trinajstić information content (AvgIpc) is 3.35. The summed E-state index contributed by atoms with van der Waals surface area (Å²) in [7, 11) is 1.76. The van der Waals surface area contributed by atoms with Gasteiger partial charge in [0.1, 0.15) is 11.1 Å². The Morgan fingerprint density at radius 3 is 2.82 bits per heavy atom. The summed E-state index contributed by atoms with van der Waals surface area (Å²) in [5.41, 5.74) is 1.99. The number of anilines is 1. The summed E-state index contributed by atoms with van der Waals surface area (Å²) >= 11 is 14.7. The molecule has 1 aromatic carbocycles. The second kappa shape index (κ2) is 10.8. The van der Waals surface area contributed by atoms with Crippen LogP contribution in [0, 0.1) is 11.3 Å². The quantitative estimate of drug-likeness (QED) is 0.428. The number of carbonyl (C=O) groups is 2. The number of carbonyl (C=O) groups excluding carboxylic acids is 2. The average molecular weight is 535 g/mol. The third kappa shape index (κ3) is 5.39. The maximum atomic E-state index is 12.5. The number of thiophene rings is 1. The molecule has 0 atom stereocenters. The molecule has 4 rings (SSSR count). The third-order valence-electron chi connectivity index (χ3n) is 5.38. The highest BCUT2D eigenvalue weighted by atomic mass is 35.5. The highest BCUT2D eigenvalue weighted by molar-refractivity contribution is 7.99. The van der Waals surface area contributed by atoms with Gasteiger partial charge < -0.3 is 15.2 Å². The molecule has 12 heteroatoms. The summed E-state index contributed by atoms with van der Waals surface area (Å²) in [6.45, 7) is 0.139. The maximum absolute atomic E-state index is 12.5. The first-order valence-corrected chi connectivity index (χ1v) is 13.0. The molecule has 0 saturated carbocycles. The lowest BCUT2D eigenvalue weighted by Gasteiger charge is -2.09. The molecule has 0 saturated heterocycles. The predicted octanol–water partition coefficient (Wildman–Crippen LogP) is 4.59. The van der Waals surface area contributed by atoms with E-state index in [4.69, 9.17) is 23.2 Å². The Balaban J connectivity index is 1.33. The number of halogens is 2. The molecule has 1 aliphatic carbocycles. The van der Waals surface area contributed by atoms with Crippen LogP contribution >= 0.6 is 46.3 Å². The van der Waals surface area contributed by atoms with Crippen molar-refractivity contribution in [1.82, 2.24) is 20.1 Å². The van der Waals surface area contributed by atoms with Crippen molar-refractivity contribution in [3.05, 3.63) is 55.6 Å². The number of nitrogens with zero attached hydrogens (tertiary/aromatic N) is 4. The first kappa shape index (κ1) is 24.5. The van der Waals surface area contributed by atoms with Gasteiger partial charge in [-0.05, 0) is 49.4 Å². The van der Waals surface area contributed by atoms with Crippen molar-refractivity contribution in [2.75, 3.05) is 11.1 Å². The number of nitrogens with one attached hydrogen (secondary N) is 2. The van der Waals surface area contributed by atoms with Crippen molar-refractivity contribution < 1.29 is 9.59 Å². The molecule has 3 aromatic rings. The van der Waals surface area contributed by atoms with Crippen LogP contribution in [0.3, 0.4) is 0 Å². The minimum atomic E-state index is -0.356. The maximum Gasteiger partial charge on any atom is 0.253 e. The number of aromatic nitrogens is 3. The van der Waals surface area contributed by atoms with Crippen molar-refractivity contribution in [3.8, 4) is 6.07 Å². The standard InChI is InChI=1S/C22H20Cl2N6O2S2/c1-30-18(10-26-20(32)14-7-6-12(23)8-16(14)24)28-29-22(30)33-11-19(31)27-21-15(9-25)13-4-2-3-5-17(13)34-21/h6-8H,2-5,10-11H2,1H3,(H,26,32)(H,27,31). The van der Waals surface area contributed by atoms with Gasteiger partial charge in [0.05, 0.1) is 28.4 Å². The van der Waals surface area contributed by atoms with E-state index >= 15 is 0 Å². The number of amides is 2. The Morgan fingerprint density at radius 1 is 1.26 bits per heavy atom. The van der Waals surface area contributed by atoms with Crippen molar-refractivity contribution in [2.24, 2.45) is 7.05 Å². The fourth-order valence-corrected chi connectivity index (χ4v) is 6.10. The Hall–Kier alpha value is -2.58. The molecule has 0 radical (unpaired) electrons. The van der Waals surface area contributed by atoms with Crippen molar-refractivity contribution in [2.45, 2.75) is 37.4 Å². The molecule has 8 nitrogen and oxygen atoms in total. The van der Waals surface area contributed by atoms with E-state index in [1.807, 2.05) is 0 Å². The van der Waals surface area contributed by atoms with Crippen molar-refractivity contribution in [3.63, 3.8) is 0 Å². The van der Waals surface area contributed by atoms with E-state index in [1.165, 1.54) is 34.0 Å². The van der Waals surface area contributed by atoms with Gasteiger partial charge in [0, 0.05) is 16.9 Å². The summed E-state index contributed by atoms with van der Waals surface area (Å²) < 4.78 is 1.71. The second-order valence-corrected chi connectivity index (χ2v) is 10.5. The Labute approximate surface area is 214 Å². The van der Waals surface area contributed by atoms with Gasteiger partial charge in [-0.1, -0.05) is 35.0 Å². The number of nitriles is 1. The lowest BCUT2D eigenvalue weighted by molar-refractivity contribution is -0.113. The smallest absolute Gasteiger partial charge is 0.253 e. The van der Waals surface area contributed by atoms with E-state index < -0.39 is 0 Å². The molecule has 2 N–H and O–H groups in total. The van der Waals surface area contributed by atoms with Crippen LogP contribution in [-0.2, 0) is 31.2 Å². The lowest BCUT2D eigenvalue weighted by atomic mass is 9.96. The van der Waals surface area contributed by atoms with Gasteiger partial charge >= 0.3 is 0 Å². The van der Waals surface area contributed by atoms with E-state index in [0.717, 1.165) is 31.2 Å². The molecule has 2 aromatic heterocycles. The number of hydrogen-bond donors (Lipinski definition) is 2. The Morgan fingerprint density at radius 2 is 2.06 bits per heavy atom. The SMILES string of the molecule is Cn1c(CNC(=O)c2ccc(Cl)cc2Cl)nnc1SCC(=O)Nc1sc2c(c1C#N)CCCC2. The van der Waals surface area contributed by atoms with Crippen LogP contribution < -0.4 is 10.6 Å². The van der Waals surface area contributed by atoms with Gasteiger partial charge in [-0.25, -0.2) is 0 Å². The largest absolute Gasteiger partial charge is 0.345 e. The fourth-order valence-electron chi connectivity index (χ4n) is 3.62. The minimum absolute atomic E-state index is 0.117. The van der Waals surface area contributed by atoms with Crippen LogP contribution in [0.1, 0.15) is 45.0 Å². The molecule has 34 heavy (non-hydrogen) atoms. The van der Waals surface area contributed by atoms with Crippen LogP contribution in [-0.4, -0.2) is 32.3 Å². The zero-order chi connectivity index (χ0) is 24.2. The summed E-state index contributed by atoms with van der Waals surface area (Å²) in [6.07, 6.45) is 4.04. The molecule has 0 unspecified atom stereocenters. The molecule has 2 heterocycles. The number of rotatable bonds is 7. The highest BCUT2D eigenvalue weighted by Crippen LogP contribution is 2.37. The van der Waals surface area contributed by atoms with Crippen molar-refractivity contribution >= 4 is 63.1 Å². The summed E-state index contributed by atoms with van der Waals surface area (Å²) in [5, 5.41) is 25.3. The van der Waals surface area contributed by atoms with E-state index in [9.17, 15) is 14.9 Å². The molecule has 176 valence electrons. The molecular formula is C22H20Cl2N6O2S2. The normalized spacial score (nSPS) is 12.6. The number of benzene rings is 1. The van der Waals surface area contributed by atoms with E-state index in [2.05, 4.69) is 26.9 Å². The molecule has 2 amide bonds. The zero-order valence-electron chi connectivity index (χ0n) is 18.2. The summed E-state index contributed by atoms with van der Waals surface area (Å²) in [5.74, 6) is 0.0751. The molecule has 0 bridgehead atoms. The first-order valence-electron chi connectivity index (χ1n) is 10.5. The summed E-state index contributed by atoms with van der Waals surface area (Å²) in [6, 6.07) is 6.90. The summed E-state index contributed by atoms with van der Waals surface area (Å²) in [4.78, 5) is 26.1. The van der Waals surface area contributed by atoms with Gasteiger partial charge in [0.2, 0.25) is 5.91 Å². The number of fused-ring (bicyclic) bond motifs is 1. The number of aryl methyl sites for hydroxylation is 1. The second-order valence-electron chi connectivity index (χ2n) is 7.63. The van der Waals surface area contributed by atoms with E-state index in [0.29, 0.717) is 32.1 Å².